The van der Waals surface area contributed by atoms with Crippen LogP contribution in [0.5, 0.6) is 0 Å². The Kier molecular flexibility index (Phi) is 9.11. The molecule has 0 aliphatic carbocycles. The van der Waals surface area contributed by atoms with Gasteiger partial charge in [-0.1, -0.05) is 6.07 Å². The topological polar surface area (TPSA) is 134 Å². The van der Waals surface area contributed by atoms with Gasteiger partial charge in [0.25, 0.3) is 0 Å². The molecule has 0 aromatic heterocycles. The standard InChI is InChI=1S/C20H28N2O7/c1-5-27-17(24)11-14-8-9-16(21)10-15(14)12-20(22-13(4)23,18(25)28-6-2)19(26)29-7-3/h8-10H,5-7,11-12,21H2,1-4H3,(H,22,23). The number of nitrogen functional groups attached to an aromatic ring is 1. The molecule has 0 unspecified atom stereocenters. The SMILES string of the molecule is CCOC(=O)Cc1ccc(N)cc1CC(NC(C)=O)(C(=O)OCC)C(=O)OCC. The number of amides is 1. The molecule has 0 heterocycles. The van der Waals surface area contributed by atoms with E-state index in [0.717, 1.165) is 0 Å². The third-order valence-corrected chi connectivity index (χ3v) is 3.96. The fourth-order valence-electron chi connectivity index (χ4n) is 2.82. The second-order valence-electron chi connectivity index (χ2n) is 6.21. The maximum atomic E-state index is 12.8. The first kappa shape index (κ1) is 23.9. The van der Waals surface area contributed by atoms with Crippen molar-refractivity contribution in [1.82, 2.24) is 5.32 Å². The van der Waals surface area contributed by atoms with Crippen LogP contribution in [0.2, 0.25) is 0 Å². The Morgan fingerprint density at radius 3 is 1.97 bits per heavy atom. The molecule has 0 saturated heterocycles. The highest BCUT2D eigenvalue weighted by atomic mass is 16.6. The quantitative estimate of drug-likeness (QED) is 0.253. The van der Waals surface area contributed by atoms with E-state index in [-0.39, 0.29) is 32.7 Å². The molecular weight excluding hydrogens is 380 g/mol. The lowest BCUT2D eigenvalue weighted by molar-refractivity contribution is -0.168. The molecule has 9 heteroatoms. The summed E-state index contributed by atoms with van der Waals surface area (Å²) in [6, 6.07) is 4.73. The summed E-state index contributed by atoms with van der Waals surface area (Å²) < 4.78 is 15.1. The van der Waals surface area contributed by atoms with Crippen LogP contribution in [-0.4, -0.2) is 49.2 Å². The highest BCUT2D eigenvalue weighted by Gasteiger charge is 2.50. The van der Waals surface area contributed by atoms with Crippen molar-refractivity contribution in [1.29, 1.82) is 0 Å². The Labute approximate surface area is 169 Å². The fourth-order valence-corrected chi connectivity index (χ4v) is 2.82. The van der Waals surface area contributed by atoms with Crippen molar-refractivity contribution in [2.75, 3.05) is 25.6 Å². The van der Waals surface area contributed by atoms with Crippen LogP contribution in [0.15, 0.2) is 18.2 Å². The minimum absolute atomic E-state index is 0.00775. The molecule has 9 nitrogen and oxygen atoms in total. The average molecular weight is 408 g/mol. The highest BCUT2D eigenvalue weighted by Crippen LogP contribution is 2.24. The van der Waals surface area contributed by atoms with Gasteiger partial charge < -0.3 is 25.3 Å². The van der Waals surface area contributed by atoms with Gasteiger partial charge in [0.05, 0.1) is 26.2 Å². The first-order valence-corrected chi connectivity index (χ1v) is 9.36. The summed E-state index contributed by atoms with van der Waals surface area (Å²) in [6.07, 6.45) is -0.394. The van der Waals surface area contributed by atoms with Gasteiger partial charge in [-0.25, -0.2) is 9.59 Å². The van der Waals surface area contributed by atoms with E-state index in [4.69, 9.17) is 19.9 Å². The van der Waals surface area contributed by atoms with Crippen LogP contribution < -0.4 is 11.1 Å². The van der Waals surface area contributed by atoms with Gasteiger partial charge >= 0.3 is 17.9 Å². The highest BCUT2D eigenvalue weighted by molar-refractivity contribution is 6.08. The number of nitrogens with one attached hydrogen (secondary N) is 1. The lowest BCUT2D eigenvalue weighted by atomic mass is 9.87. The molecular formula is C20H28N2O7. The number of benzene rings is 1. The number of anilines is 1. The van der Waals surface area contributed by atoms with Gasteiger partial charge in [0, 0.05) is 19.0 Å². The van der Waals surface area contributed by atoms with Gasteiger partial charge in [-0.2, -0.15) is 0 Å². The van der Waals surface area contributed by atoms with Crippen molar-refractivity contribution in [3.05, 3.63) is 29.3 Å². The molecule has 1 aromatic carbocycles. The van der Waals surface area contributed by atoms with Gasteiger partial charge in [-0.15, -0.1) is 0 Å². The summed E-state index contributed by atoms with van der Waals surface area (Å²) in [5, 5.41) is 2.39. The number of esters is 3. The molecule has 1 amide bonds. The van der Waals surface area contributed by atoms with E-state index in [9.17, 15) is 19.2 Å². The van der Waals surface area contributed by atoms with E-state index in [1.807, 2.05) is 0 Å². The Balaban J connectivity index is 3.49. The summed E-state index contributed by atoms with van der Waals surface area (Å²) in [5.74, 6) is -3.02. The minimum atomic E-state index is -2.12. The third-order valence-electron chi connectivity index (χ3n) is 3.96. The summed E-state index contributed by atoms with van der Waals surface area (Å²) >= 11 is 0. The van der Waals surface area contributed by atoms with Crippen molar-refractivity contribution >= 4 is 29.5 Å². The van der Waals surface area contributed by atoms with Crippen LogP contribution in [0.1, 0.15) is 38.8 Å². The number of carbonyl (C=O) groups is 4. The first-order chi connectivity index (χ1) is 13.7. The second kappa shape index (κ2) is 11.0. The Hall–Kier alpha value is -3.10. The number of nitrogens with two attached hydrogens (primary N) is 1. The summed E-state index contributed by atoms with van der Waals surface area (Å²) in [5.41, 5.74) is 5.02. The molecule has 0 spiro atoms. The van der Waals surface area contributed by atoms with Crippen LogP contribution in [0.3, 0.4) is 0 Å². The van der Waals surface area contributed by atoms with Crippen LogP contribution in [0, 0.1) is 0 Å². The molecule has 160 valence electrons. The molecule has 1 rings (SSSR count). The maximum absolute atomic E-state index is 12.8. The van der Waals surface area contributed by atoms with E-state index in [0.29, 0.717) is 16.8 Å². The van der Waals surface area contributed by atoms with Crippen LogP contribution >= 0.6 is 0 Å². The van der Waals surface area contributed by atoms with E-state index in [1.54, 1.807) is 32.9 Å². The van der Waals surface area contributed by atoms with Crippen molar-refractivity contribution in [3.63, 3.8) is 0 Å². The number of hydrogen-bond donors (Lipinski definition) is 2. The van der Waals surface area contributed by atoms with Crippen molar-refractivity contribution in [3.8, 4) is 0 Å². The maximum Gasteiger partial charge on any atom is 0.344 e. The minimum Gasteiger partial charge on any atom is -0.466 e. The molecule has 1 aromatic rings. The van der Waals surface area contributed by atoms with Gasteiger partial charge in [-0.3, -0.25) is 9.59 Å². The van der Waals surface area contributed by atoms with Crippen molar-refractivity contribution in [2.24, 2.45) is 0 Å². The molecule has 0 fully saturated rings. The van der Waals surface area contributed by atoms with Crippen molar-refractivity contribution in [2.45, 2.75) is 46.1 Å². The molecule has 0 aliphatic heterocycles. The lowest BCUT2D eigenvalue weighted by Crippen LogP contribution is -2.62. The molecule has 0 atom stereocenters. The summed E-state index contributed by atoms with van der Waals surface area (Å²) in [6.45, 7) is 6.21. The monoisotopic (exact) mass is 408 g/mol. The zero-order chi connectivity index (χ0) is 22.0. The predicted molar refractivity (Wildman–Crippen MR) is 105 cm³/mol. The Bertz CT molecular complexity index is 743. The molecule has 29 heavy (non-hydrogen) atoms. The van der Waals surface area contributed by atoms with Gasteiger partial charge in [0.2, 0.25) is 11.4 Å². The molecule has 0 aliphatic rings. The lowest BCUT2D eigenvalue weighted by Gasteiger charge is -2.30. The third kappa shape index (κ3) is 6.48. The van der Waals surface area contributed by atoms with Crippen LogP contribution in [0.4, 0.5) is 5.69 Å². The zero-order valence-corrected chi connectivity index (χ0v) is 17.2. The van der Waals surface area contributed by atoms with Gasteiger partial charge in [-0.05, 0) is 44.0 Å². The Morgan fingerprint density at radius 1 is 0.931 bits per heavy atom. The second-order valence-corrected chi connectivity index (χ2v) is 6.21. The normalized spacial score (nSPS) is 10.8. The average Bonchev–Trinajstić information content (AvgIpc) is 2.63. The van der Waals surface area contributed by atoms with E-state index in [2.05, 4.69) is 5.32 Å². The summed E-state index contributed by atoms with van der Waals surface area (Å²) in [4.78, 5) is 49.4. The van der Waals surface area contributed by atoms with E-state index in [1.165, 1.54) is 13.0 Å². The predicted octanol–water partition coefficient (Wildman–Crippen LogP) is 0.918. The van der Waals surface area contributed by atoms with Gasteiger partial charge in [0.1, 0.15) is 0 Å². The molecule has 0 bridgehead atoms. The van der Waals surface area contributed by atoms with Crippen molar-refractivity contribution < 1.29 is 33.4 Å². The van der Waals surface area contributed by atoms with E-state index < -0.39 is 29.4 Å². The largest absolute Gasteiger partial charge is 0.466 e. The Morgan fingerprint density at radius 2 is 1.48 bits per heavy atom. The number of carbonyl (C=O) groups excluding carboxylic acids is 4. The number of ether oxygens (including phenoxy) is 3. The smallest absolute Gasteiger partial charge is 0.344 e. The van der Waals surface area contributed by atoms with E-state index >= 15 is 0 Å². The first-order valence-electron chi connectivity index (χ1n) is 9.36. The van der Waals surface area contributed by atoms with Crippen LogP contribution in [-0.2, 0) is 46.2 Å². The molecule has 0 saturated carbocycles. The number of rotatable bonds is 10. The molecule has 0 radical (unpaired) electrons. The number of hydrogen-bond acceptors (Lipinski definition) is 8. The zero-order valence-electron chi connectivity index (χ0n) is 17.2. The van der Waals surface area contributed by atoms with Gasteiger partial charge in [0.15, 0.2) is 0 Å². The molecule has 3 N–H and O–H groups in total. The summed E-state index contributed by atoms with van der Waals surface area (Å²) in [7, 11) is 0. The fraction of sp³-hybridized carbons (Fsp3) is 0.500. The van der Waals surface area contributed by atoms with Crippen LogP contribution in [0.25, 0.3) is 0 Å².